The molecule has 6 nitrogen and oxygen atoms in total. The molecule has 2 atom stereocenters. The molecule has 2 aromatic carbocycles. The molecular weight excluding hydrogens is 540 g/mol. The highest BCUT2D eigenvalue weighted by atomic mass is 28.4. The zero-order valence-electron chi connectivity index (χ0n) is 27.5. The van der Waals surface area contributed by atoms with E-state index in [0.717, 1.165) is 36.1 Å². The van der Waals surface area contributed by atoms with Gasteiger partial charge in [-0.2, -0.15) is 0 Å². The molecule has 0 heterocycles. The molecule has 1 fully saturated rings. The first-order chi connectivity index (χ1) is 19.5. The van der Waals surface area contributed by atoms with Crippen molar-refractivity contribution in [3.63, 3.8) is 0 Å². The van der Waals surface area contributed by atoms with Gasteiger partial charge in [0, 0.05) is 24.7 Å². The predicted octanol–water partition coefficient (Wildman–Crippen LogP) is 8.93. The van der Waals surface area contributed by atoms with Crippen LogP contribution in [0.2, 0.25) is 18.1 Å². The Bertz CT molecular complexity index is 1180. The van der Waals surface area contributed by atoms with E-state index in [9.17, 15) is 14.7 Å². The number of benzene rings is 2. The highest BCUT2D eigenvalue weighted by molar-refractivity contribution is 6.74. The standard InChI is InChI=1S/C35H54N2O4Si/c1-10-36(24-25-41-42(8,9)34(5,6)7)32(40)37(29-16-12-11-13-17-29)26-27-19-21-28(22-20-27)30-18-14-15-23-35(30,31(38)39)33(2,3)4/h11-13,16-17,19-22,30H,10,14-15,18,23-26H2,1-9H3,(H,38,39)/t30-,35+/m1/s1. The van der Waals surface area contributed by atoms with E-state index in [1.165, 1.54) is 0 Å². The van der Waals surface area contributed by atoms with Crippen LogP contribution in [0, 0.1) is 10.8 Å². The summed E-state index contributed by atoms with van der Waals surface area (Å²) < 4.78 is 6.39. The largest absolute Gasteiger partial charge is 0.481 e. The number of likely N-dealkylation sites (N-methyl/N-ethyl adjacent to an activating group) is 1. The number of aliphatic carboxylic acids is 1. The Morgan fingerprint density at radius 3 is 2.12 bits per heavy atom. The lowest BCUT2D eigenvalue weighted by atomic mass is 9.53. The fourth-order valence-corrected chi connectivity index (χ4v) is 7.24. The highest BCUT2D eigenvalue weighted by Crippen LogP contribution is 2.57. The number of amides is 2. The Labute approximate surface area is 255 Å². The van der Waals surface area contributed by atoms with Crippen LogP contribution in [0.15, 0.2) is 54.6 Å². The number of carboxylic acid groups (broad SMARTS) is 1. The first-order valence-corrected chi connectivity index (χ1v) is 18.5. The molecule has 3 rings (SSSR count). The van der Waals surface area contributed by atoms with E-state index in [0.29, 0.717) is 32.7 Å². The van der Waals surface area contributed by atoms with Crippen LogP contribution in [0.5, 0.6) is 0 Å². The molecule has 42 heavy (non-hydrogen) atoms. The monoisotopic (exact) mass is 594 g/mol. The Morgan fingerprint density at radius 1 is 0.976 bits per heavy atom. The molecule has 2 aromatic rings. The second-order valence-electron chi connectivity index (χ2n) is 14.5. The molecule has 1 N–H and O–H groups in total. The third kappa shape index (κ3) is 7.28. The topological polar surface area (TPSA) is 70.1 Å². The number of hydrogen-bond acceptors (Lipinski definition) is 3. The lowest BCUT2D eigenvalue weighted by Crippen LogP contribution is -2.49. The summed E-state index contributed by atoms with van der Waals surface area (Å²) in [7, 11) is -1.91. The Hall–Kier alpha value is -2.64. The van der Waals surface area contributed by atoms with E-state index < -0.39 is 19.7 Å². The summed E-state index contributed by atoms with van der Waals surface area (Å²) in [4.78, 5) is 30.4. The number of urea groups is 1. The number of carbonyl (C=O) groups is 2. The van der Waals surface area contributed by atoms with Gasteiger partial charge in [0.05, 0.1) is 18.6 Å². The number of para-hydroxylation sites is 1. The van der Waals surface area contributed by atoms with E-state index in [4.69, 9.17) is 4.43 Å². The SMILES string of the molecule is CCN(CCO[Si](C)(C)C(C)(C)C)C(=O)N(Cc1ccc([C@H]2CCCC[C@]2(C(=O)O)C(C)(C)C)cc1)c1ccccc1. The molecule has 7 heteroatoms. The third-order valence-corrected chi connectivity index (χ3v) is 14.5. The molecule has 0 radical (unpaired) electrons. The molecule has 1 saturated carbocycles. The van der Waals surface area contributed by atoms with Crippen molar-refractivity contribution in [3.05, 3.63) is 65.7 Å². The second-order valence-corrected chi connectivity index (χ2v) is 19.3. The van der Waals surface area contributed by atoms with Crippen molar-refractivity contribution >= 4 is 26.0 Å². The van der Waals surface area contributed by atoms with Gasteiger partial charge in [-0.3, -0.25) is 9.69 Å². The number of anilines is 1. The number of carboxylic acids is 1. The smallest absolute Gasteiger partial charge is 0.324 e. The van der Waals surface area contributed by atoms with Crippen LogP contribution in [-0.2, 0) is 15.8 Å². The van der Waals surface area contributed by atoms with Crippen molar-refractivity contribution in [1.29, 1.82) is 0 Å². The van der Waals surface area contributed by atoms with Gasteiger partial charge in [0.2, 0.25) is 0 Å². The van der Waals surface area contributed by atoms with Crippen LogP contribution >= 0.6 is 0 Å². The third-order valence-electron chi connectivity index (χ3n) is 9.93. The van der Waals surface area contributed by atoms with Crippen LogP contribution < -0.4 is 4.90 Å². The zero-order chi connectivity index (χ0) is 31.3. The lowest BCUT2D eigenvalue weighted by molar-refractivity contribution is -0.162. The number of carbonyl (C=O) groups excluding carboxylic acids is 1. The molecule has 0 spiro atoms. The van der Waals surface area contributed by atoms with E-state index in [2.05, 4.69) is 78.9 Å². The molecule has 232 valence electrons. The fourth-order valence-electron chi connectivity index (χ4n) is 6.20. The molecule has 0 aliphatic heterocycles. The summed E-state index contributed by atoms with van der Waals surface area (Å²) in [5.41, 5.74) is 1.77. The summed E-state index contributed by atoms with van der Waals surface area (Å²) >= 11 is 0. The van der Waals surface area contributed by atoms with Gasteiger partial charge >= 0.3 is 12.0 Å². The van der Waals surface area contributed by atoms with Crippen LogP contribution in [0.4, 0.5) is 10.5 Å². The Morgan fingerprint density at radius 2 is 1.60 bits per heavy atom. The van der Waals surface area contributed by atoms with Crippen molar-refractivity contribution in [2.24, 2.45) is 10.8 Å². The summed E-state index contributed by atoms with van der Waals surface area (Å²) in [5, 5.41) is 10.6. The first-order valence-electron chi connectivity index (χ1n) is 15.6. The van der Waals surface area contributed by atoms with Crippen LogP contribution in [0.1, 0.15) is 91.2 Å². The summed E-state index contributed by atoms with van der Waals surface area (Å²) in [6.07, 6.45) is 3.56. The van der Waals surface area contributed by atoms with Gasteiger partial charge in [0.25, 0.3) is 0 Å². The van der Waals surface area contributed by atoms with E-state index in [-0.39, 0.29) is 22.4 Å². The van der Waals surface area contributed by atoms with Crippen molar-refractivity contribution in [2.75, 3.05) is 24.6 Å². The van der Waals surface area contributed by atoms with Gasteiger partial charge in [0.15, 0.2) is 8.32 Å². The van der Waals surface area contributed by atoms with Gasteiger partial charge in [-0.05, 0) is 66.6 Å². The minimum Gasteiger partial charge on any atom is -0.481 e. The lowest BCUT2D eigenvalue weighted by Gasteiger charge is -2.49. The molecule has 1 aliphatic carbocycles. The van der Waals surface area contributed by atoms with Crippen molar-refractivity contribution < 1.29 is 19.1 Å². The summed E-state index contributed by atoms with van der Waals surface area (Å²) in [6, 6.07) is 18.1. The zero-order valence-corrected chi connectivity index (χ0v) is 28.5. The summed E-state index contributed by atoms with van der Waals surface area (Å²) in [5.74, 6) is -0.733. The molecular formula is C35H54N2O4Si. The molecule has 0 unspecified atom stereocenters. The average molecular weight is 595 g/mol. The van der Waals surface area contributed by atoms with Gasteiger partial charge < -0.3 is 14.4 Å². The van der Waals surface area contributed by atoms with Gasteiger partial charge in [0.1, 0.15) is 0 Å². The maximum atomic E-state index is 14.0. The maximum Gasteiger partial charge on any atom is 0.324 e. The van der Waals surface area contributed by atoms with Crippen molar-refractivity contribution in [3.8, 4) is 0 Å². The van der Waals surface area contributed by atoms with E-state index >= 15 is 0 Å². The van der Waals surface area contributed by atoms with Gasteiger partial charge in [-0.25, -0.2) is 4.79 Å². The van der Waals surface area contributed by atoms with Crippen LogP contribution in [-0.4, -0.2) is 50.0 Å². The Balaban J connectivity index is 1.84. The average Bonchev–Trinajstić information content (AvgIpc) is 2.93. The Kier molecular flexibility index (Phi) is 10.7. The van der Waals surface area contributed by atoms with Crippen LogP contribution in [0.3, 0.4) is 0 Å². The molecule has 0 aromatic heterocycles. The molecule has 0 saturated heterocycles. The minimum atomic E-state index is -1.91. The van der Waals surface area contributed by atoms with Crippen molar-refractivity contribution in [1.82, 2.24) is 4.90 Å². The normalized spacial score (nSPS) is 19.8. The first kappa shape index (κ1) is 33.9. The summed E-state index contributed by atoms with van der Waals surface area (Å²) in [6.45, 7) is 21.4. The quantitative estimate of drug-likeness (QED) is 0.279. The molecule has 0 bridgehead atoms. The van der Waals surface area contributed by atoms with E-state index in [1.54, 1.807) is 0 Å². The molecule has 1 aliphatic rings. The number of rotatable bonds is 10. The van der Waals surface area contributed by atoms with Gasteiger partial charge in [-0.15, -0.1) is 0 Å². The number of hydrogen-bond donors (Lipinski definition) is 1. The second kappa shape index (κ2) is 13.3. The minimum absolute atomic E-state index is 0.0406. The van der Waals surface area contributed by atoms with Gasteiger partial charge in [-0.1, -0.05) is 96.8 Å². The maximum absolute atomic E-state index is 14.0. The van der Waals surface area contributed by atoms with E-state index in [1.807, 2.05) is 47.1 Å². The van der Waals surface area contributed by atoms with Crippen molar-refractivity contribution in [2.45, 2.75) is 105 Å². The highest BCUT2D eigenvalue weighted by Gasteiger charge is 2.55. The predicted molar refractivity (Wildman–Crippen MR) is 176 cm³/mol. The number of nitrogens with zero attached hydrogens (tertiary/aromatic N) is 2. The molecule has 2 amide bonds. The fraction of sp³-hybridized carbons (Fsp3) is 0.600. The van der Waals surface area contributed by atoms with Crippen LogP contribution in [0.25, 0.3) is 0 Å².